The van der Waals surface area contributed by atoms with Gasteiger partial charge in [0.15, 0.2) is 0 Å². The summed E-state index contributed by atoms with van der Waals surface area (Å²) >= 11 is 0. The van der Waals surface area contributed by atoms with Crippen LogP contribution >= 0.6 is 0 Å². The molecule has 8 nitrogen and oxygen atoms in total. The van der Waals surface area contributed by atoms with Gasteiger partial charge in [0, 0.05) is 26.1 Å². The Balaban J connectivity index is 2.57. The number of urea groups is 1. The second-order valence-electron chi connectivity index (χ2n) is 4.66. The van der Waals surface area contributed by atoms with E-state index < -0.39 is 18.0 Å². The third kappa shape index (κ3) is 4.37. The molecule has 1 fully saturated rings. The Bertz CT molecular complexity index is 373. The summed E-state index contributed by atoms with van der Waals surface area (Å²) in [6.45, 7) is 0.344. The third-order valence-corrected chi connectivity index (χ3v) is 3.26. The Labute approximate surface area is 116 Å². The predicted molar refractivity (Wildman–Crippen MR) is 68.0 cm³/mol. The number of likely N-dealkylation sites (tertiary alicyclic amines) is 1. The van der Waals surface area contributed by atoms with E-state index >= 15 is 0 Å². The van der Waals surface area contributed by atoms with Crippen molar-refractivity contribution < 1.29 is 29.3 Å². The molecule has 1 heterocycles. The second kappa shape index (κ2) is 7.68. The maximum absolute atomic E-state index is 12.0. The zero-order valence-electron chi connectivity index (χ0n) is 11.4. The van der Waals surface area contributed by atoms with Gasteiger partial charge in [-0.25, -0.2) is 9.59 Å². The molecule has 0 aromatic heterocycles. The van der Waals surface area contributed by atoms with E-state index in [2.05, 4.69) is 10.1 Å². The summed E-state index contributed by atoms with van der Waals surface area (Å²) in [4.78, 5) is 35.7. The van der Waals surface area contributed by atoms with Gasteiger partial charge in [-0.05, 0) is 12.8 Å². The van der Waals surface area contributed by atoms with Crippen LogP contribution in [0.5, 0.6) is 0 Å². The fourth-order valence-corrected chi connectivity index (χ4v) is 2.15. The van der Waals surface area contributed by atoms with Gasteiger partial charge in [-0.1, -0.05) is 0 Å². The maximum atomic E-state index is 12.0. The van der Waals surface area contributed by atoms with Gasteiger partial charge in [-0.15, -0.1) is 0 Å². The molecule has 0 bridgehead atoms. The van der Waals surface area contributed by atoms with Crippen LogP contribution in [-0.2, 0) is 14.3 Å². The summed E-state index contributed by atoms with van der Waals surface area (Å²) in [7, 11) is 1.29. The predicted octanol–water partition coefficient (Wildman–Crippen LogP) is -0.583. The highest BCUT2D eigenvalue weighted by Crippen LogP contribution is 2.17. The molecular formula is C12H20N2O6. The lowest BCUT2D eigenvalue weighted by Crippen LogP contribution is -2.51. The lowest BCUT2D eigenvalue weighted by atomic mass is 9.98. The number of nitrogens with one attached hydrogen (secondary N) is 1. The van der Waals surface area contributed by atoms with Gasteiger partial charge in [-0.3, -0.25) is 4.79 Å². The van der Waals surface area contributed by atoms with E-state index in [1.54, 1.807) is 0 Å². The van der Waals surface area contributed by atoms with E-state index in [0.717, 1.165) is 0 Å². The first-order valence-electron chi connectivity index (χ1n) is 6.46. The number of carbonyl (C=O) groups excluding carboxylic acids is 2. The first kappa shape index (κ1) is 16.2. The number of hydrogen-bond donors (Lipinski definition) is 3. The quantitative estimate of drug-likeness (QED) is 0.583. The molecule has 0 radical (unpaired) electrons. The van der Waals surface area contributed by atoms with Crippen molar-refractivity contribution in [3.63, 3.8) is 0 Å². The van der Waals surface area contributed by atoms with Gasteiger partial charge >= 0.3 is 18.0 Å². The van der Waals surface area contributed by atoms with Gasteiger partial charge < -0.3 is 25.2 Å². The van der Waals surface area contributed by atoms with Gasteiger partial charge in [0.2, 0.25) is 0 Å². The molecule has 1 aliphatic rings. The fourth-order valence-electron chi connectivity index (χ4n) is 2.15. The fraction of sp³-hybridized carbons (Fsp3) is 0.750. The lowest BCUT2D eigenvalue weighted by molar-refractivity contribution is -0.147. The number of carbonyl (C=O) groups is 3. The topological polar surface area (TPSA) is 116 Å². The largest absolute Gasteiger partial charge is 0.480 e. The van der Waals surface area contributed by atoms with Gasteiger partial charge in [0.05, 0.1) is 13.0 Å². The van der Waals surface area contributed by atoms with Crippen molar-refractivity contribution in [3.05, 3.63) is 0 Å². The molecule has 0 aromatic carbocycles. The molecule has 1 aliphatic heterocycles. The van der Waals surface area contributed by atoms with Crippen molar-refractivity contribution in [3.8, 4) is 0 Å². The Kier molecular flexibility index (Phi) is 6.23. The molecule has 1 saturated heterocycles. The Morgan fingerprint density at radius 2 is 2.15 bits per heavy atom. The summed E-state index contributed by atoms with van der Waals surface area (Å²) in [6, 6.07) is -1.68. The normalized spacial score (nSPS) is 20.1. The minimum Gasteiger partial charge on any atom is -0.480 e. The first-order valence-corrected chi connectivity index (χ1v) is 6.46. The third-order valence-electron chi connectivity index (χ3n) is 3.26. The number of rotatable bonds is 5. The highest BCUT2D eigenvalue weighted by atomic mass is 16.5. The van der Waals surface area contributed by atoms with Crippen molar-refractivity contribution in [1.82, 2.24) is 10.2 Å². The summed E-state index contributed by atoms with van der Waals surface area (Å²) in [5.41, 5.74) is 0. The number of nitrogens with zero attached hydrogens (tertiary/aromatic N) is 1. The molecule has 2 amide bonds. The Morgan fingerprint density at radius 1 is 1.45 bits per heavy atom. The van der Waals surface area contributed by atoms with Crippen LogP contribution in [-0.4, -0.2) is 65.9 Å². The lowest BCUT2D eigenvalue weighted by Gasteiger charge is -2.32. The van der Waals surface area contributed by atoms with Crippen LogP contribution in [0.2, 0.25) is 0 Å². The van der Waals surface area contributed by atoms with Gasteiger partial charge in [0.25, 0.3) is 0 Å². The van der Waals surface area contributed by atoms with E-state index in [4.69, 9.17) is 10.2 Å². The molecular weight excluding hydrogens is 268 g/mol. The number of carboxylic acids is 1. The molecule has 0 aromatic rings. The molecule has 0 saturated carbocycles. The molecule has 114 valence electrons. The van der Waals surface area contributed by atoms with Gasteiger partial charge in [0.1, 0.15) is 6.04 Å². The number of aliphatic hydroxyl groups excluding tert-OH is 1. The van der Waals surface area contributed by atoms with Crippen LogP contribution < -0.4 is 5.32 Å². The van der Waals surface area contributed by atoms with Crippen LogP contribution in [0.15, 0.2) is 0 Å². The van der Waals surface area contributed by atoms with Crippen molar-refractivity contribution in [2.45, 2.75) is 25.3 Å². The monoisotopic (exact) mass is 288 g/mol. The average molecular weight is 288 g/mol. The van der Waals surface area contributed by atoms with Crippen LogP contribution in [0.25, 0.3) is 0 Å². The molecule has 2 atom stereocenters. The zero-order valence-corrected chi connectivity index (χ0v) is 11.4. The van der Waals surface area contributed by atoms with Crippen molar-refractivity contribution in [1.29, 1.82) is 0 Å². The number of piperidine rings is 1. The van der Waals surface area contributed by atoms with E-state index in [9.17, 15) is 14.4 Å². The zero-order chi connectivity index (χ0) is 15.1. The maximum Gasteiger partial charge on any atom is 0.326 e. The van der Waals surface area contributed by atoms with Crippen LogP contribution in [0.4, 0.5) is 4.79 Å². The van der Waals surface area contributed by atoms with Crippen molar-refractivity contribution >= 4 is 18.0 Å². The minimum absolute atomic E-state index is 0.0602. The summed E-state index contributed by atoms with van der Waals surface area (Å²) < 4.78 is 4.65. The number of methoxy groups -OCH3 is 1. The number of carboxylic acid groups (broad SMARTS) is 1. The smallest absolute Gasteiger partial charge is 0.326 e. The molecule has 8 heteroatoms. The van der Waals surface area contributed by atoms with E-state index in [0.29, 0.717) is 19.4 Å². The molecule has 2 unspecified atom stereocenters. The second-order valence-corrected chi connectivity index (χ2v) is 4.66. The number of esters is 1. The minimum atomic E-state index is -1.20. The standard InChI is InChI=1S/C12H20N2O6/c1-20-11(18)8-3-2-5-14(7-8)12(19)13-9(4-6-15)10(16)17/h8-9,15H,2-7H2,1H3,(H,13,19)(H,16,17). The first-order chi connectivity index (χ1) is 9.49. The van der Waals surface area contributed by atoms with E-state index in [1.165, 1.54) is 12.0 Å². The summed E-state index contributed by atoms with van der Waals surface area (Å²) in [5.74, 6) is -1.94. The molecule has 0 aliphatic carbocycles. The molecule has 1 rings (SSSR count). The van der Waals surface area contributed by atoms with Crippen LogP contribution in [0.3, 0.4) is 0 Å². The number of amides is 2. The number of aliphatic carboxylic acids is 1. The van der Waals surface area contributed by atoms with Crippen LogP contribution in [0, 0.1) is 5.92 Å². The van der Waals surface area contributed by atoms with Crippen molar-refractivity contribution in [2.24, 2.45) is 5.92 Å². The highest BCUT2D eigenvalue weighted by molar-refractivity contribution is 5.83. The number of ether oxygens (including phenoxy) is 1. The van der Waals surface area contributed by atoms with Gasteiger partial charge in [-0.2, -0.15) is 0 Å². The van der Waals surface area contributed by atoms with Crippen LogP contribution in [0.1, 0.15) is 19.3 Å². The van der Waals surface area contributed by atoms with E-state index in [1.807, 2.05) is 0 Å². The Hall–Kier alpha value is -1.83. The van der Waals surface area contributed by atoms with Crippen molar-refractivity contribution in [2.75, 3.05) is 26.8 Å². The molecule has 20 heavy (non-hydrogen) atoms. The SMILES string of the molecule is COC(=O)C1CCCN(C(=O)NC(CCO)C(=O)O)C1. The Morgan fingerprint density at radius 3 is 2.70 bits per heavy atom. The number of aliphatic hydroxyl groups is 1. The average Bonchev–Trinajstić information content (AvgIpc) is 2.45. The molecule has 0 spiro atoms. The summed E-state index contributed by atoms with van der Waals surface area (Å²) in [6.07, 6.45) is 1.25. The summed E-state index contributed by atoms with van der Waals surface area (Å²) in [5, 5.41) is 20.0. The van der Waals surface area contributed by atoms with E-state index in [-0.39, 0.29) is 31.5 Å². The highest BCUT2D eigenvalue weighted by Gasteiger charge is 2.30. The number of hydrogen-bond acceptors (Lipinski definition) is 5. The molecule has 3 N–H and O–H groups in total.